The molecule has 0 saturated heterocycles. The summed E-state index contributed by atoms with van der Waals surface area (Å²) in [5.41, 5.74) is 1.05. The first-order valence-electron chi connectivity index (χ1n) is 6.92. The SMILES string of the molecule is C=C/C=C(C=C)/C=C/S(=O)(=O)CS(=O)(=O)/C=C/C(C=C)=C/C=C\C. The molecule has 0 aliphatic rings. The van der Waals surface area contributed by atoms with Crippen molar-refractivity contribution in [3.63, 3.8) is 0 Å². The Balaban J connectivity index is 5.31. The first-order chi connectivity index (χ1) is 11.2. The molecular weight excluding hydrogens is 344 g/mol. The van der Waals surface area contributed by atoms with Gasteiger partial charge in [0.25, 0.3) is 0 Å². The van der Waals surface area contributed by atoms with Gasteiger partial charge in [-0.25, -0.2) is 16.8 Å². The van der Waals surface area contributed by atoms with E-state index >= 15 is 0 Å². The van der Waals surface area contributed by atoms with E-state index in [0.717, 1.165) is 10.8 Å². The summed E-state index contributed by atoms with van der Waals surface area (Å²) in [5.74, 6) is 0. The highest BCUT2D eigenvalue weighted by atomic mass is 32.3. The summed E-state index contributed by atoms with van der Waals surface area (Å²) >= 11 is 0. The molecule has 0 fully saturated rings. The van der Waals surface area contributed by atoms with E-state index in [1.54, 1.807) is 24.3 Å². The molecule has 0 heterocycles. The monoisotopic (exact) mass is 366 g/mol. The normalized spacial score (nSPS) is 14.5. The van der Waals surface area contributed by atoms with Crippen LogP contribution in [0, 0.1) is 0 Å². The van der Waals surface area contributed by atoms with Crippen LogP contribution in [0.5, 0.6) is 0 Å². The van der Waals surface area contributed by atoms with Gasteiger partial charge >= 0.3 is 0 Å². The molecule has 0 rings (SSSR count). The second kappa shape index (κ2) is 10.6. The molecule has 0 bridgehead atoms. The van der Waals surface area contributed by atoms with Gasteiger partial charge in [-0.05, 0) is 30.2 Å². The average Bonchev–Trinajstić information content (AvgIpc) is 2.50. The van der Waals surface area contributed by atoms with Crippen molar-refractivity contribution in [2.45, 2.75) is 6.92 Å². The van der Waals surface area contributed by atoms with Crippen molar-refractivity contribution in [1.82, 2.24) is 0 Å². The molecule has 0 N–H and O–H groups in total. The maximum absolute atomic E-state index is 11.9. The molecule has 0 aromatic rings. The minimum atomic E-state index is -3.94. The lowest BCUT2D eigenvalue weighted by Gasteiger charge is -1.99. The molecule has 0 aliphatic heterocycles. The van der Waals surface area contributed by atoms with Gasteiger partial charge in [-0.1, -0.05) is 62.3 Å². The standard InChI is InChI=1S/C18H22O4S2/c1-5-9-11-18(8-4)13-15-24(21,22)16-23(19,20)14-12-17(7-3)10-6-2/h5-15H,2-4,16H2,1H3/b9-5-,14-12+,15-13+,17-10+,18-11+. The fraction of sp³-hybridized carbons (Fsp3) is 0.111. The van der Waals surface area contributed by atoms with Crippen molar-refractivity contribution < 1.29 is 16.8 Å². The van der Waals surface area contributed by atoms with Crippen LogP contribution >= 0.6 is 0 Å². The van der Waals surface area contributed by atoms with Gasteiger partial charge in [-0.15, -0.1) is 0 Å². The summed E-state index contributed by atoms with van der Waals surface area (Å²) in [4.78, 5) is 0. The highest BCUT2D eigenvalue weighted by Gasteiger charge is 2.17. The predicted molar refractivity (Wildman–Crippen MR) is 103 cm³/mol. The van der Waals surface area contributed by atoms with E-state index in [0.29, 0.717) is 11.1 Å². The predicted octanol–water partition coefficient (Wildman–Crippen LogP) is 3.79. The molecule has 0 radical (unpaired) electrons. The summed E-state index contributed by atoms with van der Waals surface area (Å²) in [6, 6.07) is 0. The number of rotatable bonds is 10. The topological polar surface area (TPSA) is 68.3 Å². The van der Waals surface area contributed by atoms with Gasteiger partial charge in [0.1, 0.15) is 0 Å². The Bertz CT molecular complexity index is 816. The van der Waals surface area contributed by atoms with Gasteiger partial charge in [0.05, 0.1) is 0 Å². The van der Waals surface area contributed by atoms with Crippen LogP contribution in [0.4, 0.5) is 0 Å². The molecule has 0 amide bonds. The first kappa shape index (κ1) is 21.8. The van der Waals surface area contributed by atoms with Gasteiger partial charge in [-0.2, -0.15) is 0 Å². The molecule has 4 nitrogen and oxygen atoms in total. The van der Waals surface area contributed by atoms with Crippen LogP contribution in [0.2, 0.25) is 0 Å². The van der Waals surface area contributed by atoms with Crippen LogP contribution in [0.25, 0.3) is 0 Å². The van der Waals surface area contributed by atoms with Crippen molar-refractivity contribution in [3.8, 4) is 0 Å². The second-order valence-corrected chi connectivity index (χ2v) is 8.69. The number of hydrogen-bond acceptors (Lipinski definition) is 4. The van der Waals surface area contributed by atoms with E-state index < -0.39 is 24.8 Å². The molecule has 6 heteroatoms. The smallest absolute Gasteiger partial charge is 0.186 e. The third kappa shape index (κ3) is 9.76. The summed E-state index contributed by atoms with van der Waals surface area (Å²) < 4.78 is 47.7. The molecule has 0 aromatic heterocycles. The molecule has 0 aliphatic carbocycles. The quantitative estimate of drug-likeness (QED) is 0.552. The molecule has 0 spiro atoms. The Morgan fingerprint density at radius 1 is 0.833 bits per heavy atom. The maximum Gasteiger partial charge on any atom is 0.186 e. The fourth-order valence-electron chi connectivity index (χ4n) is 1.40. The summed E-state index contributed by atoms with van der Waals surface area (Å²) in [5, 5.41) is 0.697. The van der Waals surface area contributed by atoms with Crippen molar-refractivity contribution in [2.24, 2.45) is 0 Å². The van der Waals surface area contributed by atoms with Crippen molar-refractivity contribution >= 4 is 19.7 Å². The van der Waals surface area contributed by atoms with Gasteiger partial charge in [0, 0.05) is 10.8 Å². The zero-order chi connectivity index (χ0) is 18.6. The number of sulfone groups is 2. The minimum absolute atomic E-state index is 0.504. The summed E-state index contributed by atoms with van der Waals surface area (Å²) in [6.45, 7) is 12.4. The Hall–Kier alpha value is -2.18. The van der Waals surface area contributed by atoms with Gasteiger partial charge < -0.3 is 0 Å². The van der Waals surface area contributed by atoms with Crippen molar-refractivity contribution in [2.75, 3.05) is 5.08 Å². The van der Waals surface area contributed by atoms with E-state index in [9.17, 15) is 16.8 Å². The lowest BCUT2D eigenvalue weighted by Crippen LogP contribution is -2.12. The molecular formula is C18H22O4S2. The zero-order valence-corrected chi connectivity index (χ0v) is 15.3. The molecule has 130 valence electrons. The lowest BCUT2D eigenvalue weighted by molar-refractivity contribution is 0.598. The first-order valence-corrected chi connectivity index (χ1v) is 10.3. The highest BCUT2D eigenvalue weighted by molar-refractivity contribution is 8.10. The summed E-state index contributed by atoms with van der Waals surface area (Å²) in [7, 11) is -7.87. The van der Waals surface area contributed by atoms with Crippen LogP contribution < -0.4 is 0 Å². The summed E-state index contributed by atoms with van der Waals surface area (Å²) in [6.07, 6.45) is 13.6. The minimum Gasteiger partial charge on any atom is -0.223 e. The van der Waals surface area contributed by atoms with E-state index in [4.69, 9.17) is 0 Å². The third-order valence-electron chi connectivity index (χ3n) is 2.53. The fourth-order valence-corrected chi connectivity index (χ4v) is 4.59. The van der Waals surface area contributed by atoms with Crippen LogP contribution in [0.1, 0.15) is 6.92 Å². The second-order valence-electron chi connectivity index (χ2n) is 4.55. The van der Waals surface area contributed by atoms with Gasteiger partial charge in [0.15, 0.2) is 24.8 Å². The highest BCUT2D eigenvalue weighted by Crippen LogP contribution is 2.08. The number of hydrogen-bond donors (Lipinski definition) is 0. The molecule has 0 saturated carbocycles. The van der Waals surface area contributed by atoms with E-state index in [2.05, 4.69) is 19.7 Å². The van der Waals surface area contributed by atoms with E-state index in [-0.39, 0.29) is 0 Å². The van der Waals surface area contributed by atoms with Crippen molar-refractivity contribution in [1.29, 1.82) is 0 Å². The molecule has 24 heavy (non-hydrogen) atoms. The zero-order valence-electron chi connectivity index (χ0n) is 13.6. The van der Waals surface area contributed by atoms with E-state index in [1.165, 1.54) is 30.4 Å². The Morgan fingerprint density at radius 3 is 1.67 bits per heavy atom. The molecule has 0 atom stereocenters. The Kier molecular flexibility index (Phi) is 9.61. The Morgan fingerprint density at radius 2 is 1.29 bits per heavy atom. The van der Waals surface area contributed by atoms with Crippen LogP contribution in [0.3, 0.4) is 0 Å². The van der Waals surface area contributed by atoms with E-state index in [1.807, 2.05) is 6.92 Å². The average molecular weight is 367 g/mol. The molecule has 0 unspecified atom stereocenters. The maximum atomic E-state index is 11.9. The largest absolute Gasteiger partial charge is 0.223 e. The van der Waals surface area contributed by atoms with Crippen LogP contribution in [-0.4, -0.2) is 21.9 Å². The number of allylic oxidation sites excluding steroid dienone is 11. The van der Waals surface area contributed by atoms with Crippen LogP contribution in [-0.2, 0) is 19.7 Å². The van der Waals surface area contributed by atoms with Gasteiger partial charge in [0.2, 0.25) is 0 Å². The third-order valence-corrected chi connectivity index (χ3v) is 6.26. The van der Waals surface area contributed by atoms with Gasteiger partial charge in [-0.3, -0.25) is 0 Å². The Labute approximate surface area is 145 Å². The lowest BCUT2D eigenvalue weighted by atomic mass is 10.2. The van der Waals surface area contributed by atoms with Crippen LogP contribution in [0.15, 0.2) is 96.4 Å². The van der Waals surface area contributed by atoms with Crippen molar-refractivity contribution in [3.05, 3.63) is 96.4 Å². The molecule has 0 aromatic carbocycles.